The van der Waals surface area contributed by atoms with E-state index in [1.54, 1.807) is 12.1 Å². The average molecular weight is 340 g/mol. The smallest absolute Gasteiger partial charge is 0.287 e. The number of rotatable bonds is 4. The van der Waals surface area contributed by atoms with Crippen LogP contribution < -0.4 is 5.32 Å². The van der Waals surface area contributed by atoms with Gasteiger partial charge in [0.2, 0.25) is 0 Å². The number of nitrogens with zero attached hydrogens (tertiary/aromatic N) is 1. The molecule has 1 aromatic heterocycles. The van der Waals surface area contributed by atoms with Gasteiger partial charge in [-0.05, 0) is 38.1 Å². The molecule has 2 atom stereocenters. The van der Waals surface area contributed by atoms with Crippen LogP contribution in [0.25, 0.3) is 0 Å². The van der Waals surface area contributed by atoms with Gasteiger partial charge in [0, 0.05) is 12.5 Å². The zero-order chi connectivity index (χ0) is 16.4. The van der Waals surface area contributed by atoms with Crippen molar-refractivity contribution in [1.82, 2.24) is 10.2 Å². The maximum atomic E-state index is 12.4. The normalized spacial score (nSPS) is 27.9. The fourth-order valence-electron chi connectivity index (χ4n) is 3.51. The maximum Gasteiger partial charge on any atom is 0.287 e. The van der Waals surface area contributed by atoms with Crippen molar-refractivity contribution in [3.05, 3.63) is 23.7 Å². The molecular formula is C16H24N2O4S. The molecule has 0 aromatic carbocycles. The molecule has 2 aliphatic heterocycles. The number of amides is 1. The van der Waals surface area contributed by atoms with Crippen LogP contribution in [0.4, 0.5) is 0 Å². The molecule has 1 N–H and O–H groups in total. The molecule has 1 aromatic rings. The summed E-state index contributed by atoms with van der Waals surface area (Å²) >= 11 is 0. The van der Waals surface area contributed by atoms with Gasteiger partial charge in [-0.2, -0.15) is 0 Å². The van der Waals surface area contributed by atoms with E-state index in [2.05, 4.69) is 10.2 Å². The Morgan fingerprint density at radius 3 is 2.65 bits per heavy atom. The van der Waals surface area contributed by atoms with Crippen molar-refractivity contribution in [2.24, 2.45) is 0 Å². The first-order valence-electron chi connectivity index (χ1n) is 8.32. The maximum absolute atomic E-state index is 12.4. The minimum absolute atomic E-state index is 0.0151. The van der Waals surface area contributed by atoms with Crippen LogP contribution in [0.15, 0.2) is 16.5 Å². The minimum Gasteiger partial charge on any atom is -0.456 e. The van der Waals surface area contributed by atoms with E-state index in [-0.39, 0.29) is 35.3 Å². The number of piperidine rings is 1. The third-order valence-corrected chi connectivity index (χ3v) is 6.45. The van der Waals surface area contributed by atoms with Crippen LogP contribution in [-0.2, 0) is 16.3 Å². The van der Waals surface area contributed by atoms with Gasteiger partial charge >= 0.3 is 0 Å². The Kier molecular flexibility index (Phi) is 4.77. The molecule has 7 heteroatoms. The molecule has 23 heavy (non-hydrogen) atoms. The highest BCUT2D eigenvalue weighted by atomic mass is 32.2. The number of hydrogen-bond acceptors (Lipinski definition) is 5. The van der Waals surface area contributed by atoms with E-state index in [0.717, 1.165) is 38.1 Å². The molecule has 3 rings (SSSR count). The molecule has 0 unspecified atom stereocenters. The monoisotopic (exact) mass is 340 g/mol. The first kappa shape index (κ1) is 16.5. The zero-order valence-electron chi connectivity index (χ0n) is 13.5. The Labute approximate surface area is 137 Å². The lowest BCUT2D eigenvalue weighted by molar-refractivity contribution is 0.0871. The lowest BCUT2D eigenvalue weighted by atomic mass is 10.0. The molecule has 0 aliphatic carbocycles. The van der Waals surface area contributed by atoms with E-state index in [4.69, 9.17) is 4.42 Å². The lowest BCUT2D eigenvalue weighted by Crippen LogP contribution is -2.52. The van der Waals surface area contributed by atoms with Crippen molar-refractivity contribution in [1.29, 1.82) is 0 Å². The molecule has 2 fully saturated rings. The van der Waals surface area contributed by atoms with Gasteiger partial charge in [0.1, 0.15) is 5.76 Å². The third kappa shape index (κ3) is 3.77. The van der Waals surface area contributed by atoms with Gasteiger partial charge in [-0.15, -0.1) is 0 Å². The average Bonchev–Trinajstić information content (AvgIpc) is 3.12. The molecule has 0 radical (unpaired) electrons. The minimum atomic E-state index is -3.11. The number of aryl methyl sites for hydroxylation is 1. The fourth-order valence-corrected chi connectivity index (χ4v) is 5.46. The number of furan rings is 1. The number of carbonyl (C=O) groups is 1. The molecular weight excluding hydrogens is 316 g/mol. The highest BCUT2D eigenvalue weighted by molar-refractivity contribution is 7.91. The van der Waals surface area contributed by atoms with Crippen molar-refractivity contribution in [2.75, 3.05) is 24.6 Å². The number of nitrogens with one attached hydrogen (secondary N) is 1. The van der Waals surface area contributed by atoms with Gasteiger partial charge in [0.05, 0.1) is 17.5 Å². The summed E-state index contributed by atoms with van der Waals surface area (Å²) in [5.41, 5.74) is 0. The highest BCUT2D eigenvalue weighted by Gasteiger charge is 2.42. The summed E-state index contributed by atoms with van der Waals surface area (Å²) in [5.74, 6) is 0.830. The lowest BCUT2D eigenvalue weighted by Gasteiger charge is -2.34. The van der Waals surface area contributed by atoms with Crippen LogP contribution in [0.1, 0.15) is 42.5 Å². The molecule has 6 nitrogen and oxygen atoms in total. The Morgan fingerprint density at radius 2 is 2.00 bits per heavy atom. The van der Waals surface area contributed by atoms with Crippen molar-refractivity contribution in [2.45, 2.75) is 44.7 Å². The van der Waals surface area contributed by atoms with Crippen molar-refractivity contribution in [3.63, 3.8) is 0 Å². The highest BCUT2D eigenvalue weighted by Crippen LogP contribution is 2.23. The molecule has 2 saturated heterocycles. The molecule has 0 saturated carbocycles. The summed E-state index contributed by atoms with van der Waals surface area (Å²) in [5, 5.41) is 2.88. The summed E-state index contributed by atoms with van der Waals surface area (Å²) in [7, 11) is -3.11. The first-order chi connectivity index (χ1) is 11.0. The Hall–Kier alpha value is -1.34. The summed E-state index contributed by atoms with van der Waals surface area (Å²) in [6.45, 7) is 3.77. The Bertz CT molecular complexity index is 661. The number of carbonyl (C=O) groups excluding carboxylic acids is 1. The predicted molar refractivity (Wildman–Crippen MR) is 87.2 cm³/mol. The van der Waals surface area contributed by atoms with Crippen LogP contribution in [0, 0.1) is 0 Å². The van der Waals surface area contributed by atoms with Crippen LogP contribution in [-0.4, -0.2) is 55.9 Å². The van der Waals surface area contributed by atoms with Gasteiger partial charge in [0.25, 0.3) is 5.91 Å². The van der Waals surface area contributed by atoms with Crippen molar-refractivity contribution in [3.8, 4) is 0 Å². The summed E-state index contributed by atoms with van der Waals surface area (Å²) in [4.78, 5) is 14.6. The SMILES string of the molecule is CCc1ccc(C(=O)N[C@H]2CS(=O)(=O)C[C@H]2N2CCCCC2)o1. The quantitative estimate of drug-likeness (QED) is 0.891. The van der Waals surface area contributed by atoms with E-state index in [9.17, 15) is 13.2 Å². The Balaban J connectivity index is 1.71. The number of hydrogen-bond donors (Lipinski definition) is 1. The number of likely N-dealkylation sites (tertiary alicyclic amines) is 1. The first-order valence-corrected chi connectivity index (χ1v) is 10.1. The topological polar surface area (TPSA) is 79.6 Å². The molecule has 128 valence electrons. The largest absolute Gasteiger partial charge is 0.456 e. The van der Waals surface area contributed by atoms with Crippen LogP contribution in [0.5, 0.6) is 0 Å². The summed E-state index contributed by atoms with van der Waals surface area (Å²) < 4.78 is 29.6. The zero-order valence-corrected chi connectivity index (χ0v) is 14.3. The molecule has 0 spiro atoms. The molecule has 0 bridgehead atoms. The second-order valence-corrected chi connectivity index (χ2v) is 8.59. The van der Waals surface area contributed by atoms with E-state index >= 15 is 0 Å². The van der Waals surface area contributed by atoms with Crippen LogP contribution in [0.2, 0.25) is 0 Å². The Morgan fingerprint density at radius 1 is 1.26 bits per heavy atom. The second kappa shape index (κ2) is 6.65. The van der Waals surface area contributed by atoms with Crippen LogP contribution >= 0.6 is 0 Å². The third-order valence-electron chi connectivity index (χ3n) is 4.73. The van der Waals surface area contributed by atoms with E-state index in [1.165, 1.54) is 6.42 Å². The summed E-state index contributed by atoms with van der Waals surface area (Å²) in [6.07, 6.45) is 4.10. The van der Waals surface area contributed by atoms with Gasteiger partial charge < -0.3 is 9.73 Å². The summed E-state index contributed by atoms with van der Waals surface area (Å²) in [6, 6.07) is 2.95. The van der Waals surface area contributed by atoms with Gasteiger partial charge in [0.15, 0.2) is 15.6 Å². The fraction of sp³-hybridized carbons (Fsp3) is 0.688. The van der Waals surface area contributed by atoms with E-state index in [0.29, 0.717) is 0 Å². The molecule has 1 amide bonds. The van der Waals surface area contributed by atoms with Crippen LogP contribution in [0.3, 0.4) is 0 Å². The van der Waals surface area contributed by atoms with E-state index in [1.807, 2.05) is 6.92 Å². The predicted octanol–water partition coefficient (Wildman–Crippen LogP) is 1.22. The van der Waals surface area contributed by atoms with Gasteiger partial charge in [-0.1, -0.05) is 13.3 Å². The standard InChI is InChI=1S/C16H24N2O4S/c1-2-12-6-7-15(22-12)16(19)17-13-10-23(20,21)11-14(13)18-8-4-3-5-9-18/h6-7,13-14H,2-5,8-11H2,1H3,(H,17,19)/t13-,14+/m0/s1. The van der Waals surface area contributed by atoms with Crippen molar-refractivity contribution >= 4 is 15.7 Å². The van der Waals surface area contributed by atoms with Gasteiger partial charge in [-0.3, -0.25) is 9.69 Å². The second-order valence-electron chi connectivity index (χ2n) is 6.44. The van der Waals surface area contributed by atoms with E-state index < -0.39 is 9.84 Å². The van der Waals surface area contributed by atoms with Crippen molar-refractivity contribution < 1.29 is 17.6 Å². The molecule has 3 heterocycles. The molecule has 2 aliphatic rings. The number of sulfone groups is 1. The van der Waals surface area contributed by atoms with Gasteiger partial charge in [-0.25, -0.2) is 8.42 Å².